The number of aromatic nitrogens is 3. The second kappa shape index (κ2) is 8.31. The third-order valence-electron chi connectivity index (χ3n) is 5.56. The zero-order valence-electron chi connectivity index (χ0n) is 16.6. The van der Waals surface area contributed by atoms with Gasteiger partial charge in [-0.1, -0.05) is 6.07 Å². The standard InChI is InChI=1S/C22H25N5OS/c1-15-13-18(16(2)27(15)14-17-6-9-23-10-7-17)21-20(19-5-3-4-8-24-19)25-22(29)26(21)11-12-28/h3-10,13,20-21,28H,11-12,14H2,1-2H3,(H,25,29)/t20-,21-/m1/s1. The molecule has 0 bridgehead atoms. The van der Waals surface area contributed by atoms with E-state index in [4.69, 9.17) is 12.2 Å². The van der Waals surface area contributed by atoms with Crippen LogP contribution >= 0.6 is 12.2 Å². The van der Waals surface area contributed by atoms with Crippen LogP contribution in [0.5, 0.6) is 0 Å². The highest BCUT2D eigenvalue weighted by Crippen LogP contribution is 2.40. The van der Waals surface area contributed by atoms with Crippen LogP contribution in [0.25, 0.3) is 0 Å². The van der Waals surface area contributed by atoms with Gasteiger partial charge in [-0.15, -0.1) is 0 Å². The van der Waals surface area contributed by atoms with Crippen molar-refractivity contribution in [3.05, 3.63) is 83.2 Å². The van der Waals surface area contributed by atoms with Crippen molar-refractivity contribution in [2.75, 3.05) is 13.2 Å². The molecule has 0 radical (unpaired) electrons. The molecule has 2 atom stereocenters. The number of rotatable bonds is 6. The fourth-order valence-corrected chi connectivity index (χ4v) is 4.47. The fourth-order valence-electron chi connectivity index (χ4n) is 4.13. The van der Waals surface area contributed by atoms with E-state index in [9.17, 15) is 5.11 Å². The first-order chi connectivity index (χ1) is 14.1. The highest BCUT2D eigenvalue weighted by Gasteiger charge is 2.40. The Morgan fingerprint density at radius 3 is 2.62 bits per heavy atom. The van der Waals surface area contributed by atoms with Crippen molar-refractivity contribution in [1.82, 2.24) is 24.8 Å². The Morgan fingerprint density at radius 1 is 1.14 bits per heavy atom. The molecule has 0 aliphatic carbocycles. The van der Waals surface area contributed by atoms with Gasteiger partial charge in [-0.05, 0) is 67.5 Å². The maximum absolute atomic E-state index is 9.63. The summed E-state index contributed by atoms with van der Waals surface area (Å²) in [5.41, 5.74) is 5.74. The van der Waals surface area contributed by atoms with Gasteiger partial charge in [0.15, 0.2) is 5.11 Å². The van der Waals surface area contributed by atoms with Crippen LogP contribution in [0.1, 0.15) is 40.3 Å². The van der Waals surface area contributed by atoms with E-state index in [0.717, 1.165) is 12.2 Å². The SMILES string of the molecule is Cc1cc([C@@H]2[C@@H](c3ccccn3)NC(=S)N2CCO)c(C)n1Cc1ccncc1. The minimum atomic E-state index is -0.0647. The average molecular weight is 408 g/mol. The number of nitrogens with one attached hydrogen (secondary N) is 1. The van der Waals surface area contributed by atoms with Gasteiger partial charge < -0.3 is 19.9 Å². The molecule has 4 heterocycles. The molecule has 150 valence electrons. The number of pyridine rings is 2. The van der Waals surface area contributed by atoms with Crippen LogP contribution in [-0.4, -0.2) is 42.8 Å². The van der Waals surface area contributed by atoms with Gasteiger partial charge in [0, 0.05) is 43.1 Å². The molecule has 7 heteroatoms. The summed E-state index contributed by atoms with van der Waals surface area (Å²) in [5, 5.41) is 13.7. The van der Waals surface area contributed by atoms with E-state index in [1.165, 1.54) is 22.5 Å². The van der Waals surface area contributed by atoms with Crippen LogP contribution in [0.2, 0.25) is 0 Å². The Hall–Kier alpha value is -2.77. The lowest BCUT2D eigenvalue weighted by atomic mass is 9.97. The van der Waals surface area contributed by atoms with Crippen LogP contribution in [-0.2, 0) is 6.54 Å². The number of aryl methyl sites for hydroxylation is 1. The lowest BCUT2D eigenvalue weighted by Gasteiger charge is -2.27. The molecule has 0 aromatic carbocycles. The summed E-state index contributed by atoms with van der Waals surface area (Å²) in [7, 11) is 0. The van der Waals surface area contributed by atoms with E-state index in [0.29, 0.717) is 11.7 Å². The first-order valence-electron chi connectivity index (χ1n) is 9.74. The van der Waals surface area contributed by atoms with Crippen molar-refractivity contribution in [2.24, 2.45) is 0 Å². The zero-order chi connectivity index (χ0) is 20.4. The quantitative estimate of drug-likeness (QED) is 0.613. The third-order valence-corrected chi connectivity index (χ3v) is 5.91. The smallest absolute Gasteiger partial charge is 0.170 e. The summed E-state index contributed by atoms with van der Waals surface area (Å²) < 4.78 is 2.32. The minimum Gasteiger partial charge on any atom is -0.395 e. The monoisotopic (exact) mass is 407 g/mol. The van der Waals surface area contributed by atoms with Gasteiger partial charge in [-0.2, -0.15) is 0 Å². The van der Waals surface area contributed by atoms with Gasteiger partial charge in [0.25, 0.3) is 0 Å². The van der Waals surface area contributed by atoms with Crippen molar-refractivity contribution in [3.8, 4) is 0 Å². The number of thiocarbonyl (C=S) groups is 1. The van der Waals surface area contributed by atoms with Crippen LogP contribution in [0.3, 0.4) is 0 Å². The molecule has 3 aromatic rings. The van der Waals surface area contributed by atoms with E-state index in [2.05, 4.69) is 44.7 Å². The van der Waals surface area contributed by atoms with Crippen LogP contribution in [0, 0.1) is 13.8 Å². The molecule has 1 saturated heterocycles. The Bertz CT molecular complexity index is 989. The van der Waals surface area contributed by atoms with Crippen LogP contribution in [0.4, 0.5) is 0 Å². The predicted octanol–water partition coefficient (Wildman–Crippen LogP) is 2.91. The summed E-state index contributed by atoms with van der Waals surface area (Å²) in [6.07, 6.45) is 5.45. The summed E-state index contributed by atoms with van der Waals surface area (Å²) in [5.74, 6) is 0. The average Bonchev–Trinajstić information content (AvgIpc) is 3.21. The summed E-state index contributed by atoms with van der Waals surface area (Å²) >= 11 is 5.61. The number of β-amino-alcohol motifs (C(OH)–C–C–N with tert-alkyl or cyclic N) is 1. The van der Waals surface area contributed by atoms with E-state index in [1.807, 2.05) is 42.7 Å². The Balaban J connectivity index is 1.75. The van der Waals surface area contributed by atoms with E-state index >= 15 is 0 Å². The number of hydrogen-bond donors (Lipinski definition) is 2. The molecule has 0 spiro atoms. The lowest BCUT2D eigenvalue weighted by Crippen LogP contribution is -2.32. The van der Waals surface area contributed by atoms with Gasteiger partial charge in [0.2, 0.25) is 0 Å². The second-order valence-corrected chi connectivity index (χ2v) is 7.70. The largest absolute Gasteiger partial charge is 0.395 e. The van der Waals surface area contributed by atoms with Gasteiger partial charge in [0.05, 0.1) is 24.4 Å². The molecule has 1 fully saturated rings. The maximum Gasteiger partial charge on any atom is 0.170 e. The molecule has 3 aromatic heterocycles. The summed E-state index contributed by atoms with van der Waals surface area (Å²) in [4.78, 5) is 10.8. The molecule has 4 rings (SSSR count). The Morgan fingerprint density at radius 2 is 1.93 bits per heavy atom. The molecule has 0 amide bonds. The van der Waals surface area contributed by atoms with Gasteiger partial charge in [-0.3, -0.25) is 9.97 Å². The normalized spacial score (nSPS) is 18.9. The van der Waals surface area contributed by atoms with E-state index in [1.54, 1.807) is 6.20 Å². The fraction of sp³-hybridized carbons (Fsp3) is 0.318. The Labute approximate surface area is 176 Å². The van der Waals surface area contributed by atoms with Gasteiger partial charge in [-0.25, -0.2) is 0 Å². The molecule has 6 nitrogen and oxygen atoms in total. The van der Waals surface area contributed by atoms with Gasteiger partial charge >= 0.3 is 0 Å². The summed E-state index contributed by atoms with van der Waals surface area (Å²) in [6.45, 7) is 5.60. The molecule has 1 aliphatic heterocycles. The lowest BCUT2D eigenvalue weighted by molar-refractivity contribution is 0.222. The van der Waals surface area contributed by atoms with Crippen LogP contribution in [0.15, 0.2) is 55.0 Å². The number of aliphatic hydroxyl groups is 1. The maximum atomic E-state index is 9.63. The number of nitrogens with zero attached hydrogens (tertiary/aromatic N) is 4. The van der Waals surface area contributed by atoms with Crippen molar-refractivity contribution in [2.45, 2.75) is 32.5 Å². The molecule has 2 N–H and O–H groups in total. The predicted molar refractivity (Wildman–Crippen MR) is 116 cm³/mol. The minimum absolute atomic E-state index is 0.0260. The number of aliphatic hydroxyl groups excluding tert-OH is 1. The van der Waals surface area contributed by atoms with Crippen molar-refractivity contribution in [1.29, 1.82) is 0 Å². The highest BCUT2D eigenvalue weighted by atomic mass is 32.1. The van der Waals surface area contributed by atoms with E-state index in [-0.39, 0.29) is 18.7 Å². The first-order valence-corrected chi connectivity index (χ1v) is 10.2. The van der Waals surface area contributed by atoms with Crippen molar-refractivity contribution >= 4 is 17.3 Å². The van der Waals surface area contributed by atoms with Gasteiger partial charge in [0.1, 0.15) is 0 Å². The second-order valence-electron chi connectivity index (χ2n) is 7.31. The van der Waals surface area contributed by atoms with Crippen molar-refractivity contribution in [3.63, 3.8) is 0 Å². The Kier molecular flexibility index (Phi) is 5.60. The van der Waals surface area contributed by atoms with E-state index < -0.39 is 0 Å². The molecule has 1 aliphatic rings. The molecular formula is C22H25N5OS. The third kappa shape index (κ3) is 3.75. The van der Waals surface area contributed by atoms with Crippen LogP contribution < -0.4 is 5.32 Å². The molecule has 0 unspecified atom stereocenters. The molecule has 0 saturated carbocycles. The zero-order valence-corrected chi connectivity index (χ0v) is 17.4. The molecular weight excluding hydrogens is 382 g/mol. The van der Waals surface area contributed by atoms with Crippen molar-refractivity contribution < 1.29 is 5.11 Å². The highest BCUT2D eigenvalue weighted by molar-refractivity contribution is 7.80. The molecule has 29 heavy (non-hydrogen) atoms. The first kappa shape index (κ1) is 19.5. The topological polar surface area (TPSA) is 66.2 Å². The number of hydrogen-bond acceptors (Lipinski definition) is 4. The summed E-state index contributed by atoms with van der Waals surface area (Å²) in [6, 6.07) is 12.2.